The van der Waals surface area contributed by atoms with Gasteiger partial charge in [-0.1, -0.05) is 43.7 Å². The van der Waals surface area contributed by atoms with Crippen LogP contribution in [0.4, 0.5) is 5.69 Å². The number of carboxylic acid groups (broad SMARTS) is 1. The van der Waals surface area contributed by atoms with Gasteiger partial charge in [0, 0.05) is 0 Å². The molecule has 2 rings (SSSR count). The van der Waals surface area contributed by atoms with E-state index in [1.165, 1.54) is 12.1 Å². The first-order valence-electron chi connectivity index (χ1n) is 7.61. The number of carbonyl (C=O) groups is 1. The maximum absolute atomic E-state index is 12.8. The van der Waals surface area contributed by atoms with Gasteiger partial charge in [-0.3, -0.25) is 4.31 Å². The van der Waals surface area contributed by atoms with Crippen molar-refractivity contribution in [2.45, 2.75) is 31.6 Å². The lowest BCUT2D eigenvalue weighted by Crippen LogP contribution is -2.41. The molecule has 0 saturated carbocycles. The van der Waals surface area contributed by atoms with Crippen molar-refractivity contribution in [3.8, 4) is 0 Å². The number of benzene rings is 2. The van der Waals surface area contributed by atoms with Crippen molar-refractivity contribution in [2.24, 2.45) is 0 Å². The highest BCUT2D eigenvalue weighted by atomic mass is 32.2. The van der Waals surface area contributed by atoms with E-state index in [9.17, 15) is 18.3 Å². The molecule has 6 heteroatoms. The van der Waals surface area contributed by atoms with E-state index in [0.29, 0.717) is 11.6 Å². The Morgan fingerprint density at radius 2 is 1.58 bits per heavy atom. The molecule has 0 spiro atoms. The molecule has 24 heavy (non-hydrogen) atoms. The van der Waals surface area contributed by atoms with Crippen LogP contribution in [0.5, 0.6) is 0 Å². The molecule has 0 N–H and O–H groups in total. The third-order valence-electron chi connectivity index (χ3n) is 3.73. The molecule has 5 nitrogen and oxygen atoms in total. The topological polar surface area (TPSA) is 77.5 Å². The van der Waals surface area contributed by atoms with Gasteiger partial charge in [0.15, 0.2) is 0 Å². The standard InChI is InChI=1S/C18H21NO4S/c1-13(2)15-6-8-16(9-7-15)19(12-18(20)21)24(22,23)17-10-4-14(3)5-11-17/h4-11,13H,12H2,1-3H3,(H,20,21)/p-1. The van der Waals surface area contributed by atoms with Crippen LogP contribution in [0.1, 0.15) is 30.9 Å². The van der Waals surface area contributed by atoms with Crippen LogP contribution in [0.3, 0.4) is 0 Å². The van der Waals surface area contributed by atoms with E-state index in [4.69, 9.17) is 0 Å². The summed E-state index contributed by atoms with van der Waals surface area (Å²) in [5, 5.41) is 11.1. The number of hydrogen-bond acceptors (Lipinski definition) is 4. The fraction of sp³-hybridized carbons (Fsp3) is 0.278. The summed E-state index contributed by atoms with van der Waals surface area (Å²) in [6.07, 6.45) is 0. The second-order valence-corrected chi connectivity index (χ2v) is 7.81. The lowest BCUT2D eigenvalue weighted by molar-refractivity contribution is -0.303. The van der Waals surface area contributed by atoms with E-state index in [1.54, 1.807) is 36.4 Å². The SMILES string of the molecule is Cc1ccc(S(=O)(=O)N(CC(=O)[O-])c2ccc(C(C)C)cc2)cc1. The zero-order valence-electron chi connectivity index (χ0n) is 13.9. The van der Waals surface area contributed by atoms with Crippen molar-refractivity contribution in [1.29, 1.82) is 0 Å². The maximum Gasteiger partial charge on any atom is 0.264 e. The minimum Gasteiger partial charge on any atom is -0.548 e. The highest BCUT2D eigenvalue weighted by Crippen LogP contribution is 2.25. The van der Waals surface area contributed by atoms with Gasteiger partial charge in [-0.2, -0.15) is 0 Å². The predicted molar refractivity (Wildman–Crippen MR) is 91.2 cm³/mol. The van der Waals surface area contributed by atoms with E-state index < -0.39 is 22.5 Å². The number of rotatable bonds is 6. The number of sulfonamides is 1. The lowest BCUT2D eigenvalue weighted by atomic mass is 10.0. The molecule has 0 unspecified atom stereocenters. The Bertz CT molecular complexity index is 809. The molecule has 0 aromatic heterocycles. The van der Waals surface area contributed by atoms with Gasteiger partial charge in [0.05, 0.1) is 23.1 Å². The summed E-state index contributed by atoms with van der Waals surface area (Å²) in [5.41, 5.74) is 2.26. The normalized spacial score (nSPS) is 11.5. The van der Waals surface area contributed by atoms with Crippen molar-refractivity contribution >= 4 is 21.7 Å². The zero-order valence-corrected chi connectivity index (χ0v) is 14.7. The Morgan fingerprint density at radius 1 is 1.04 bits per heavy atom. The first kappa shape index (κ1) is 18.0. The fourth-order valence-corrected chi connectivity index (χ4v) is 3.70. The van der Waals surface area contributed by atoms with E-state index in [2.05, 4.69) is 0 Å². The monoisotopic (exact) mass is 346 g/mol. The molecule has 0 saturated heterocycles. The number of hydrogen-bond donors (Lipinski definition) is 0. The minimum atomic E-state index is -3.99. The Hall–Kier alpha value is -2.34. The molecule has 0 bridgehead atoms. The molecule has 0 fully saturated rings. The van der Waals surface area contributed by atoms with Crippen molar-refractivity contribution in [2.75, 3.05) is 10.8 Å². The summed E-state index contributed by atoms with van der Waals surface area (Å²) in [6.45, 7) is 5.16. The molecule has 0 radical (unpaired) electrons. The van der Waals surface area contributed by atoms with Crippen LogP contribution in [0, 0.1) is 6.92 Å². The van der Waals surface area contributed by atoms with Crippen LogP contribution in [0.2, 0.25) is 0 Å². The molecular formula is C18H20NO4S-. The Morgan fingerprint density at radius 3 is 2.04 bits per heavy atom. The van der Waals surface area contributed by atoms with Crippen LogP contribution < -0.4 is 9.41 Å². The molecule has 2 aromatic carbocycles. The number of anilines is 1. The van der Waals surface area contributed by atoms with Crippen LogP contribution in [0.15, 0.2) is 53.4 Å². The summed E-state index contributed by atoms with van der Waals surface area (Å²) in [6, 6.07) is 13.1. The molecule has 0 aliphatic rings. The van der Waals surface area contributed by atoms with Crippen LogP contribution in [-0.4, -0.2) is 20.9 Å². The van der Waals surface area contributed by atoms with Gasteiger partial charge < -0.3 is 9.90 Å². The highest BCUT2D eigenvalue weighted by molar-refractivity contribution is 7.92. The lowest BCUT2D eigenvalue weighted by Gasteiger charge is -2.25. The van der Waals surface area contributed by atoms with E-state index in [1.807, 2.05) is 20.8 Å². The third-order valence-corrected chi connectivity index (χ3v) is 5.52. The Kier molecular flexibility index (Phi) is 5.29. The maximum atomic E-state index is 12.8. The van der Waals surface area contributed by atoms with Gasteiger partial charge in [-0.05, 0) is 42.7 Å². The second kappa shape index (κ2) is 7.05. The molecule has 0 aliphatic carbocycles. The zero-order chi connectivity index (χ0) is 17.9. The largest absolute Gasteiger partial charge is 0.548 e. The smallest absolute Gasteiger partial charge is 0.264 e. The summed E-state index contributed by atoms with van der Waals surface area (Å²) in [4.78, 5) is 11.1. The van der Waals surface area contributed by atoms with Crippen molar-refractivity contribution in [3.63, 3.8) is 0 Å². The molecule has 128 valence electrons. The highest BCUT2D eigenvalue weighted by Gasteiger charge is 2.25. The van der Waals surface area contributed by atoms with Crippen molar-refractivity contribution in [1.82, 2.24) is 0 Å². The second-order valence-electron chi connectivity index (χ2n) is 5.94. The first-order chi connectivity index (χ1) is 11.2. The Labute approximate surface area is 142 Å². The van der Waals surface area contributed by atoms with Gasteiger partial charge in [-0.25, -0.2) is 8.42 Å². The van der Waals surface area contributed by atoms with Gasteiger partial charge >= 0.3 is 0 Å². The molecular weight excluding hydrogens is 326 g/mol. The van der Waals surface area contributed by atoms with Gasteiger partial charge in [0.1, 0.15) is 0 Å². The Balaban J connectivity index is 2.47. The quantitative estimate of drug-likeness (QED) is 0.802. The molecule has 0 heterocycles. The van der Waals surface area contributed by atoms with Gasteiger partial charge in [-0.15, -0.1) is 0 Å². The number of aliphatic carboxylic acids is 1. The number of carboxylic acids is 1. The van der Waals surface area contributed by atoms with Crippen LogP contribution >= 0.6 is 0 Å². The molecule has 2 aromatic rings. The van der Waals surface area contributed by atoms with Crippen molar-refractivity contribution in [3.05, 3.63) is 59.7 Å². The van der Waals surface area contributed by atoms with Gasteiger partial charge in [0.2, 0.25) is 0 Å². The predicted octanol–water partition coefficient (Wildman–Crippen LogP) is 2.06. The van der Waals surface area contributed by atoms with E-state index in [-0.39, 0.29) is 4.90 Å². The minimum absolute atomic E-state index is 0.0438. The summed E-state index contributed by atoms with van der Waals surface area (Å²) in [7, 11) is -3.99. The average Bonchev–Trinajstić information content (AvgIpc) is 2.53. The fourth-order valence-electron chi connectivity index (χ4n) is 2.30. The number of aryl methyl sites for hydroxylation is 1. The average molecular weight is 346 g/mol. The molecule has 0 atom stereocenters. The van der Waals surface area contributed by atoms with Crippen LogP contribution in [0.25, 0.3) is 0 Å². The van der Waals surface area contributed by atoms with Crippen LogP contribution in [-0.2, 0) is 14.8 Å². The third kappa shape index (κ3) is 3.94. The van der Waals surface area contributed by atoms with E-state index >= 15 is 0 Å². The van der Waals surface area contributed by atoms with Gasteiger partial charge in [0.25, 0.3) is 10.0 Å². The number of nitrogens with zero attached hydrogens (tertiary/aromatic N) is 1. The summed E-state index contributed by atoms with van der Waals surface area (Å²) < 4.78 is 26.5. The van der Waals surface area contributed by atoms with E-state index in [0.717, 1.165) is 15.4 Å². The van der Waals surface area contributed by atoms with Crippen molar-refractivity contribution < 1.29 is 18.3 Å². The first-order valence-corrected chi connectivity index (χ1v) is 9.05. The molecule has 0 amide bonds. The summed E-state index contributed by atoms with van der Waals surface area (Å²) in [5.74, 6) is -1.17. The summed E-state index contributed by atoms with van der Waals surface area (Å²) >= 11 is 0. The number of carbonyl (C=O) groups excluding carboxylic acids is 1. The molecule has 0 aliphatic heterocycles.